The van der Waals surface area contributed by atoms with E-state index >= 15 is 0 Å². The van der Waals surface area contributed by atoms with Gasteiger partial charge < -0.3 is 14.8 Å². The van der Waals surface area contributed by atoms with E-state index in [-0.39, 0.29) is 17.9 Å². The van der Waals surface area contributed by atoms with Crippen molar-refractivity contribution >= 4 is 11.8 Å². The van der Waals surface area contributed by atoms with Gasteiger partial charge in [-0.2, -0.15) is 0 Å². The van der Waals surface area contributed by atoms with Crippen LogP contribution in [0.15, 0.2) is 66.7 Å². The SMILES string of the molecule is Cc1ccccc1CN1C(=O)c2ccc(-c3ccccc3)n2CC1(C)C(=O)NC1CCCC1. The van der Waals surface area contributed by atoms with Gasteiger partial charge in [0.15, 0.2) is 0 Å². The highest BCUT2D eigenvalue weighted by atomic mass is 16.2. The number of hydrogen-bond acceptors (Lipinski definition) is 2. The molecule has 1 unspecified atom stereocenters. The van der Waals surface area contributed by atoms with Crippen molar-refractivity contribution in [2.75, 3.05) is 0 Å². The van der Waals surface area contributed by atoms with Gasteiger partial charge in [-0.3, -0.25) is 9.59 Å². The third-order valence-corrected chi connectivity index (χ3v) is 7.35. The van der Waals surface area contributed by atoms with Crippen LogP contribution in [0.2, 0.25) is 0 Å². The summed E-state index contributed by atoms with van der Waals surface area (Å²) in [5.74, 6) is -0.162. The fourth-order valence-electron chi connectivity index (χ4n) is 5.25. The number of carbonyl (C=O) groups is 2. The van der Waals surface area contributed by atoms with Crippen molar-refractivity contribution in [2.24, 2.45) is 0 Å². The highest BCUT2D eigenvalue weighted by Gasteiger charge is 2.48. The first kappa shape index (κ1) is 21.5. The maximum atomic E-state index is 13.9. The molecule has 0 radical (unpaired) electrons. The van der Waals surface area contributed by atoms with Crippen LogP contribution in [0.5, 0.6) is 0 Å². The second kappa shape index (κ2) is 8.54. The van der Waals surface area contributed by atoms with Crippen LogP contribution in [0.4, 0.5) is 0 Å². The van der Waals surface area contributed by atoms with Crippen LogP contribution in [-0.4, -0.2) is 32.9 Å². The number of aryl methyl sites for hydroxylation is 1. The summed E-state index contributed by atoms with van der Waals surface area (Å²) in [7, 11) is 0. The molecule has 0 saturated heterocycles. The Morgan fingerprint density at radius 1 is 0.970 bits per heavy atom. The molecule has 33 heavy (non-hydrogen) atoms. The minimum Gasteiger partial charge on any atom is -0.351 e. The molecule has 1 aliphatic carbocycles. The van der Waals surface area contributed by atoms with E-state index in [9.17, 15) is 9.59 Å². The molecule has 1 aliphatic heterocycles. The Labute approximate surface area is 195 Å². The number of amides is 2. The predicted octanol–water partition coefficient (Wildman–Crippen LogP) is 4.94. The van der Waals surface area contributed by atoms with Crippen LogP contribution in [0, 0.1) is 6.92 Å². The Kier molecular flexibility index (Phi) is 5.57. The summed E-state index contributed by atoms with van der Waals surface area (Å²) in [5.41, 5.74) is 3.84. The van der Waals surface area contributed by atoms with Gasteiger partial charge in [0, 0.05) is 18.3 Å². The van der Waals surface area contributed by atoms with Gasteiger partial charge in [-0.15, -0.1) is 0 Å². The van der Waals surface area contributed by atoms with Crippen molar-refractivity contribution in [1.82, 2.24) is 14.8 Å². The Balaban J connectivity index is 1.56. The molecule has 1 fully saturated rings. The van der Waals surface area contributed by atoms with Gasteiger partial charge in [0.2, 0.25) is 5.91 Å². The lowest BCUT2D eigenvalue weighted by Crippen LogP contribution is -2.64. The average Bonchev–Trinajstić information content (AvgIpc) is 3.48. The van der Waals surface area contributed by atoms with Gasteiger partial charge in [-0.25, -0.2) is 0 Å². The van der Waals surface area contributed by atoms with Gasteiger partial charge in [0.05, 0.1) is 6.54 Å². The van der Waals surface area contributed by atoms with Crippen LogP contribution in [-0.2, 0) is 17.9 Å². The van der Waals surface area contributed by atoms with E-state index in [4.69, 9.17) is 0 Å². The van der Waals surface area contributed by atoms with E-state index < -0.39 is 5.54 Å². The summed E-state index contributed by atoms with van der Waals surface area (Å²) >= 11 is 0. The highest BCUT2D eigenvalue weighted by molar-refractivity contribution is 6.00. The monoisotopic (exact) mass is 441 g/mol. The van der Waals surface area contributed by atoms with Crippen LogP contribution < -0.4 is 5.32 Å². The standard InChI is InChI=1S/C28H31N3O2/c1-20-10-6-7-13-22(20)18-31-26(32)25-17-16-24(21-11-4-3-5-12-21)30(25)19-28(31,2)27(33)29-23-14-8-9-15-23/h3-7,10-13,16-17,23H,8-9,14-15,18-19H2,1-2H3,(H,29,33). The van der Waals surface area contributed by atoms with Crippen molar-refractivity contribution in [3.05, 3.63) is 83.6 Å². The van der Waals surface area contributed by atoms with Crippen LogP contribution in [0.3, 0.4) is 0 Å². The van der Waals surface area contributed by atoms with Crippen LogP contribution in [0.1, 0.15) is 54.2 Å². The normalized spacial score (nSPS) is 20.7. The molecule has 2 amide bonds. The van der Waals surface area contributed by atoms with E-state index in [1.807, 2.05) is 72.2 Å². The average molecular weight is 442 g/mol. The molecule has 3 aromatic rings. The summed E-state index contributed by atoms with van der Waals surface area (Å²) in [4.78, 5) is 29.4. The molecular formula is C28H31N3O2. The quantitative estimate of drug-likeness (QED) is 0.610. The van der Waals surface area contributed by atoms with Crippen LogP contribution >= 0.6 is 0 Å². The lowest BCUT2D eigenvalue weighted by atomic mass is 9.92. The minimum atomic E-state index is -0.989. The van der Waals surface area contributed by atoms with Crippen molar-refractivity contribution in [3.8, 4) is 11.3 Å². The second-order valence-electron chi connectivity index (χ2n) is 9.60. The fraction of sp³-hybridized carbons (Fsp3) is 0.357. The lowest BCUT2D eigenvalue weighted by molar-refractivity contribution is -0.133. The molecule has 0 bridgehead atoms. The second-order valence-corrected chi connectivity index (χ2v) is 9.60. The number of rotatable bonds is 5. The van der Waals surface area contributed by atoms with Crippen molar-refractivity contribution in [3.63, 3.8) is 0 Å². The van der Waals surface area contributed by atoms with E-state index in [0.29, 0.717) is 18.8 Å². The Morgan fingerprint density at radius 3 is 2.36 bits per heavy atom. The van der Waals surface area contributed by atoms with Crippen molar-refractivity contribution < 1.29 is 9.59 Å². The van der Waals surface area contributed by atoms with E-state index in [0.717, 1.165) is 48.1 Å². The zero-order valence-corrected chi connectivity index (χ0v) is 19.4. The first-order valence-corrected chi connectivity index (χ1v) is 11.9. The van der Waals surface area contributed by atoms with E-state index in [1.54, 1.807) is 4.90 Å². The Morgan fingerprint density at radius 2 is 1.64 bits per heavy atom. The maximum absolute atomic E-state index is 13.9. The van der Waals surface area contributed by atoms with E-state index in [1.165, 1.54) is 0 Å². The van der Waals surface area contributed by atoms with Crippen molar-refractivity contribution in [2.45, 2.75) is 64.2 Å². The maximum Gasteiger partial charge on any atom is 0.271 e. The predicted molar refractivity (Wildman–Crippen MR) is 130 cm³/mol. The number of aromatic nitrogens is 1. The molecular weight excluding hydrogens is 410 g/mol. The first-order valence-electron chi connectivity index (χ1n) is 11.9. The minimum absolute atomic E-state index is 0.0605. The molecule has 5 nitrogen and oxygen atoms in total. The summed E-state index contributed by atoms with van der Waals surface area (Å²) in [6.45, 7) is 4.81. The fourth-order valence-corrected chi connectivity index (χ4v) is 5.25. The lowest BCUT2D eigenvalue weighted by Gasteiger charge is -2.45. The van der Waals surface area contributed by atoms with Crippen LogP contribution in [0.25, 0.3) is 11.3 Å². The topological polar surface area (TPSA) is 54.3 Å². The molecule has 2 aliphatic rings. The largest absolute Gasteiger partial charge is 0.351 e. The number of fused-ring (bicyclic) bond motifs is 1. The molecule has 5 heteroatoms. The number of nitrogens with one attached hydrogen (secondary N) is 1. The molecule has 170 valence electrons. The van der Waals surface area contributed by atoms with Gasteiger partial charge >= 0.3 is 0 Å². The highest BCUT2D eigenvalue weighted by Crippen LogP contribution is 2.35. The van der Waals surface area contributed by atoms with Gasteiger partial charge in [-0.05, 0) is 55.5 Å². The molecule has 5 rings (SSSR count). The number of benzene rings is 2. The molecule has 2 heterocycles. The summed E-state index contributed by atoms with van der Waals surface area (Å²) in [6, 6.07) is 22.2. The molecule has 1 atom stereocenters. The zero-order chi connectivity index (χ0) is 23.0. The zero-order valence-electron chi connectivity index (χ0n) is 19.4. The molecule has 1 aromatic heterocycles. The number of hydrogen-bond donors (Lipinski definition) is 1. The van der Waals surface area contributed by atoms with Gasteiger partial charge in [0.25, 0.3) is 5.91 Å². The third kappa shape index (κ3) is 3.86. The third-order valence-electron chi connectivity index (χ3n) is 7.35. The molecule has 0 spiro atoms. The number of carbonyl (C=O) groups excluding carboxylic acids is 2. The molecule has 1 N–H and O–H groups in total. The van der Waals surface area contributed by atoms with Gasteiger partial charge in [0.1, 0.15) is 11.2 Å². The molecule has 1 saturated carbocycles. The number of nitrogens with zero attached hydrogens (tertiary/aromatic N) is 2. The Bertz CT molecular complexity index is 1180. The summed E-state index contributed by atoms with van der Waals surface area (Å²) in [6.07, 6.45) is 4.32. The first-order chi connectivity index (χ1) is 16.0. The van der Waals surface area contributed by atoms with E-state index in [2.05, 4.69) is 18.3 Å². The summed E-state index contributed by atoms with van der Waals surface area (Å²) < 4.78 is 2.03. The molecule has 2 aromatic carbocycles. The van der Waals surface area contributed by atoms with Gasteiger partial charge in [-0.1, -0.05) is 67.4 Å². The van der Waals surface area contributed by atoms with Crippen molar-refractivity contribution in [1.29, 1.82) is 0 Å². The Hall–Kier alpha value is -3.34. The smallest absolute Gasteiger partial charge is 0.271 e. The summed E-state index contributed by atoms with van der Waals surface area (Å²) in [5, 5.41) is 3.28.